The van der Waals surface area contributed by atoms with Crippen molar-refractivity contribution in [3.63, 3.8) is 0 Å². The molecule has 1 aromatic carbocycles. The topological polar surface area (TPSA) is 83.5 Å². The van der Waals surface area contributed by atoms with Crippen molar-refractivity contribution in [2.75, 3.05) is 31.5 Å². The predicted octanol–water partition coefficient (Wildman–Crippen LogP) is 5.24. The van der Waals surface area contributed by atoms with Gasteiger partial charge in [-0.2, -0.15) is 0 Å². The number of carbonyl (C=O) groups excluding carboxylic acids is 1. The lowest BCUT2D eigenvalue weighted by Gasteiger charge is -2.41. The quantitative estimate of drug-likeness (QED) is 0.437. The van der Waals surface area contributed by atoms with E-state index >= 15 is 0 Å². The maximum absolute atomic E-state index is 13.4. The molecule has 2 aliphatic heterocycles. The number of likely N-dealkylation sites (tertiary alicyclic amines) is 2. The predicted molar refractivity (Wildman–Crippen MR) is 158 cm³/mol. The molecule has 8 nitrogen and oxygen atoms in total. The summed E-state index contributed by atoms with van der Waals surface area (Å²) in [6, 6.07) is 15.0. The van der Waals surface area contributed by atoms with E-state index in [0.29, 0.717) is 30.0 Å². The number of ether oxygens (including phenoxy) is 1. The van der Waals surface area contributed by atoms with Gasteiger partial charge in [-0.15, -0.1) is 0 Å². The number of benzene rings is 1. The zero-order valence-electron chi connectivity index (χ0n) is 24.3. The highest BCUT2D eigenvalue weighted by molar-refractivity contribution is 5.94. The SMILES string of the molecule is Cc1c(NCc2ccc(C(C)(C)C)cc2)ncnc1C(=O)N1CCC(N2CCC(Oc3ccccn3)CC2)CC1. The van der Waals surface area contributed by atoms with Gasteiger partial charge in [0.2, 0.25) is 5.88 Å². The van der Waals surface area contributed by atoms with Gasteiger partial charge in [0.15, 0.2) is 0 Å². The van der Waals surface area contributed by atoms with Crippen LogP contribution in [-0.4, -0.2) is 69.0 Å². The summed E-state index contributed by atoms with van der Waals surface area (Å²) in [5.74, 6) is 1.42. The van der Waals surface area contributed by atoms with E-state index in [1.807, 2.05) is 30.0 Å². The summed E-state index contributed by atoms with van der Waals surface area (Å²) in [5, 5.41) is 3.41. The molecule has 0 aliphatic carbocycles. The smallest absolute Gasteiger partial charge is 0.272 e. The third-order valence-corrected chi connectivity index (χ3v) is 8.24. The molecule has 2 fully saturated rings. The van der Waals surface area contributed by atoms with E-state index < -0.39 is 0 Å². The van der Waals surface area contributed by atoms with Gasteiger partial charge in [-0.05, 0) is 55.2 Å². The average Bonchev–Trinajstić information content (AvgIpc) is 2.97. The van der Waals surface area contributed by atoms with Crippen molar-refractivity contribution in [1.29, 1.82) is 0 Å². The van der Waals surface area contributed by atoms with Crippen LogP contribution < -0.4 is 10.1 Å². The molecule has 4 heterocycles. The molecule has 1 N–H and O–H groups in total. The molecule has 0 unspecified atom stereocenters. The number of anilines is 1. The van der Waals surface area contributed by atoms with Crippen LogP contribution in [0.3, 0.4) is 0 Å². The molecule has 0 saturated carbocycles. The summed E-state index contributed by atoms with van der Waals surface area (Å²) < 4.78 is 6.06. The van der Waals surface area contributed by atoms with Gasteiger partial charge in [-0.25, -0.2) is 15.0 Å². The van der Waals surface area contributed by atoms with E-state index in [9.17, 15) is 4.79 Å². The lowest BCUT2D eigenvalue weighted by Crippen LogP contribution is -2.50. The monoisotopic (exact) mass is 542 g/mol. The van der Waals surface area contributed by atoms with Crippen LogP contribution in [0.25, 0.3) is 0 Å². The molecule has 0 bridgehead atoms. The van der Waals surface area contributed by atoms with Crippen molar-refractivity contribution in [1.82, 2.24) is 24.8 Å². The highest BCUT2D eigenvalue weighted by Gasteiger charge is 2.31. The van der Waals surface area contributed by atoms with Crippen LogP contribution in [-0.2, 0) is 12.0 Å². The van der Waals surface area contributed by atoms with Crippen LogP contribution in [0, 0.1) is 6.92 Å². The molecule has 212 valence electrons. The normalized spacial score (nSPS) is 17.6. The molecular weight excluding hydrogens is 500 g/mol. The number of nitrogens with one attached hydrogen (secondary N) is 1. The maximum Gasteiger partial charge on any atom is 0.272 e. The molecule has 8 heteroatoms. The van der Waals surface area contributed by atoms with Gasteiger partial charge in [0, 0.05) is 56.6 Å². The Morgan fingerprint density at radius 3 is 2.33 bits per heavy atom. The largest absolute Gasteiger partial charge is 0.474 e. The first kappa shape index (κ1) is 28.0. The van der Waals surface area contributed by atoms with Crippen LogP contribution in [0.15, 0.2) is 55.0 Å². The van der Waals surface area contributed by atoms with E-state index in [2.05, 4.69) is 70.2 Å². The van der Waals surface area contributed by atoms with Crippen molar-refractivity contribution >= 4 is 11.7 Å². The molecule has 3 aromatic rings. The molecule has 0 radical (unpaired) electrons. The molecule has 40 heavy (non-hydrogen) atoms. The Morgan fingerprint density at radius 2 is 1.68 bits per heavy atom. The zero-order valence-corrected chi connectivity index (χ0v) is 24.3. The third-order valence-electron chi connectivity index (χ3n) is 8.24. The van der Waals surface area contributed by atoms with Gasteiger partial charge in [-0.3, -0.25) is 9.69 Å². The van der Waals surface area contributed by atoms with E-state index in [4.69, 9.17) is 4.74 Å². The maximum atomic E-state index is 13.4. The fourth-order valence-electron chi connectivity index (χ4n) is 5.68. The van der Waals surface area contributed by atoms with Crippen LogP contribution in [0.4, 0.5) is 5.82 Å². The van der Waals surface area contributed by atoms with E-state index in [1.54, 1.807) is 6.20 Å². The number of pyridine rings is 1. The summed E-state index contributed by atoms with van der Waals surface area (Å²) in [7, 11) is 0. The first-order chi connectivity index (χ1) is 19.3. The van der Waals surface area contributed by atoms with Crippen molar-refractivity contribution in [3.8, 4) is 5.88 Å². The molecular formula is C32H42N6O2. The number of carbonyl (C=O) groups is 1. The Kier molecular flexibility index (Phi) is 8.64. The number of nitrogens with zero attached hydrogens (tertiary/aromatic N) is 5. The van der Waals surface area contributed by atoms with Crippen molar-refractivity contribution < 1.29 is 9.53 Å². The van der Waals surface area contributed by atoms with Crippen molar-refractivity contribution in [3.05, 3.63) is 77.4 Å². The number of hydrogen-bond donors (Lipinski definition) is 1. The molecule has 5 rings (SSSR count). The van der Waals surface area contributed by atoms with Crippen LogP contribution in [0.5, 0.6) is 5.88 Å². The summed E-state index contributed by atoms with van der Waals surface area (Å²) in [4.78, 5) is 31.1. The number of hydrogen-bond acceptors (Lipinski definition) is 7. The van der Waals surface area contributed by atoms with Gasteiger partial charge in [-0.1, -0.05) is 51.1 Å². The summed E-state index contributed by atoms with van der Waals surface area (Å²) in [6.45, 7) is 12.8. The fourth-order valence-corrected chi connectivity index (χ4v) is 5.68. The molecule has 2 aliphatic rings. The molecule has 1 amide bonds. The molecule has 0 spiro atoms. The van der Waals surface area contributed by atoms with Gasteiger partial charge in [0.1, 0.15) is 23.9 Å². The van der Waals surface area contributed by atoms with E-state index in [1.165, 1.54) is 17.5 Å². The zero-order chi connectivity index (χ0) is 28.1. The highest BCUT2D eigenvalue weighted by Crippen LogP contribution is 2.26. The summed E-state index contributed by atoms with van der Waals surface area (Å²) in [6.07, 6.45) is 7.47. The van der Waals surface area contributed by atoms with Crippen LogP contribution in [0.1, 0.15) is 73.6 Å². The summed E-state index contributed by atoms with van der Waals surface area (Å²) >= 11 is 0. The Bertz CT molecular complexity index is 1260. The van der Waals surface area contributed by atoms with Gasteiger partial charge >= 0.3 is 0 Å². The molecule has 0 atom stereocenters. The van der Waals surface area contributed by atoms with Gasteiger partial charge in [0.05, 0.1) is 0 Å². The first-order valence-electron chi connectivity index (χ1n) is 14.5. The Morgan fingerprint density at radius 1 is 0.950 bits per heavy atom. The van der Waals surface area contributed by atoms with Gasteiger partial charge < -0.3 is 15.0 Å². The standard InChI is InChI=1S/C32H42N6O2/c1-23-29(35-22-36-30(23)34-21-24-8-10-25(11-9-24)32(2,3)4)31(39)38-17-12-26(13-18-38)37-19-14-27(15-20-37)40-28-7-5-6-16-33-28/h5-11,16,22,26-27H,12-15,17-21H2,1-4H3,(H,34,35,36). The minimum atomic E-state index is -0.00148. The minimum Gasteiger partial charge on any atom is -0.474 e. The van der Waals surface area contributed by atoms with E-state index in [0.717, 1.165) is 57.4 Å². The second kappa shape index (κ2) is 12.3. The highest BCUT2D eigenvalue weighted by atomic mass is 16.5. The fraction of sp³-hybridized carbons (Fsp3) is 0.500. The Labute approximate surface area is 238 Å². The lowest BCUT2D eigenvalue weighted by atomic mass is 9.87. The average molecular weight is 543 g/mol. The van der Waals surface area contributed by atoms with Crippen LogP contribution >= 0.6 is 0 Å². The summed E-state index contributed by atoms with van der Waals surface area (Å²) in [5.41, 5.74) is 3.91. The second-order valence-corrected chi connectivity index (χ2v) is 12.0. The number of aromatic nitrogens is 3. The van der Waals surface area contributed by atoms with E-state index in [-0.39, 0.29) is 17.4 Å². The number of piperidine rings is 2. The van der Waals surface area contributed by atoms with Crippen LogP contribution in [0.2, 0.25) is 0 Å². The first-order valence-corrected chi connectivity index (χ1v) is 14.5. The molecule has 2 aromatic heterocycles. The van der Waals surface area contributed by atoms with Gasteiger partial charge in [0.25, 0.3) is 5.91 Å². The van der Waals surface area contributed by atoms with Crippen molar-refractivity contribution in [2.24, 2.45) is 0 Å². The third kappa shape index (κ3) is 6.78. The number of rotatable bonds is 7. The second-order valence-electron chi connectivity index (χ2n) is 12.0. The minimum absolute atomic E-state index is 0.00148. The Balaban J connectivity index is 1.11. The van der Waals surface area contributed by atoms with Crippen molar-refractivity contribution in [2.45, 2.75) is 77.5 Å². The molecule has 2 saturated heterocycles. The lowest BCUT2D eigenvalue weighted by molar-refractivity contribution is 0.0412. The Hall–Kier alpha value is -3.52. The number of amides is 1.